The van der Waals surface area contributed by atoms with Gasteiger partial charge in [-0.25, -0.2) is 4.98 Å². The first-order valence-electron chi connectivity index (χ1n) is 19.6. The molecule has 12 nitrogen and oxygen atoms in total. The first-order valence-corrected chi connectivity index (χ1v) is 19.6. The van der Waals surface area contributed by atoms with Crippen LogP contribution in [0, 0.1) is 13.8 Å². The van der Waals surface area contributed by atoms with Crippen LogP contribution in [0.1, 0.15) is 140 Å². The van der Waals surface area contributed by atoms with Crippen molar-refractivity contribution in [3.05, 3.63) is 80.9 Å². The van der Waals surface area contributed by atoms with Crippen LogP contribution >= 0.6 is 0 Å². The molecule has 3 aromatic rings. The van der Waals surface area contributed by atoms with E-state index in [-0.39, 0.29) is 49.2 Å². The number of carbonyl (C=O) groups excluding carboxylic acids is 3. The Hall–Kier alpha value is -5.52. The maximum absolute atomic E-state index is 14.1. The van der Waals surface area contributed by atoms with Crippen molar-refractivity contribution in [3.8, 4) is 0 Å². The van der Waals surface area contributed by atoms with Crippen LogP contribution in [0.15, 0.2) is 30.4 Å². The summed E-state index contributed by atoms with van der Waals surface area (Å²) < 4.78 is 10.2. The normalized spacial score (nSPS) is 15.4. The van der Waals surface area contributed by atoms with Crippen molar-refractivity contribution in [2.45, 2.75) is 111 Å². The standard InChI is InChI=1S/C44H55N5O7/c1-9-11-12-13-15-29-25(4)32-21-34-26(5)30(16-14-17-39(52)55-7)42(48-34)31(20-40(53)56-8)43-41(44(54)45-19-18-38(50)51)27(6)35(49-43)23-36-28(10-2)24(3)33(46-36)22-37(29)47-32/h13,15,21-23,26,30,46,49H,9-12,14,16-20H2,1-8H3,(H,45,54)(H,50,51)/b15-13+,32-21?,33-22?,34-21?,35-23?,36-23?,37-22?,42-31?,43-31?/t26-,30-/m0/s1. The minimum Gasteiger partial charge on any atom is -0.481 e. The van der Waals surface area contributed by atoms with Gasteiger partial charge in [0, 0.05) is 58.2 Å². The van der Waals surface area contributed by atoms with Crippen molar-refractivity contribution in [2.24, 2.45) is 0 Å². The molecule has 12 heteroatoms. The van der Waals surface area contributed by atoms with Crippen LogP contribution in [0.5, 0.6) is 0 Å². The van der Waals surface area contributed by atoms with Gasteiger partial charge in [-0.1, -0.05) is 45.8 Å². The SMILES string of the molecule is CCCC/C=C/C1=C(C)c2cc3nc(c(CC(=O)OC)c4[nH]c(cc5[nH]c(cc1n2)c(C)c5CC)c(C)c4C(=O)NCCC(=O)O)[C@@H](CCCC(=O)OC)[C@@H]3C. The number of hydrogen-bond donors (Lipinski definition) is 4. The Morgan fingerprint density at radius 2 is 1.61 bits per heavy atom. The molecule has 56 heavy (non-hydrogen) atoms. The van der Waals surface area contributed by atoms with Gasteiger partial charge in [-0.3, -0.25) is 24.2 Å². The fourth-order valence-corrected chi connectivity index (χ4v) is 7.75. The lowest BCUT2D eigenvalue weighted by atomic mass is 9.84. The summed E-state index contributed by atoms with van der Waals surface area (Å²) in [6.07, 6.45) is 9.12. The van der Waals surface area contributed by atoms with Crippen LogP contribution in [0.4, 0.5) is 0 Å². The number of amides is 1. The number of aromatic nitrogens is 4. The maximum atomic E-state index is 14.1. The molecule has 3 aromatic heterocycles. The number of carboxylic acids is 1. The highest BCUT2D eigenvalue weighted by Crippen LogP contribution is 2.43. The van der Waals surface area contributed by atoms with Crippen LogP contribution in [0.25, 0.3) is 33.2 Å². The number of fused-ring (bicyclic) bond motifs is 8. The molecule has 0 aliphatic carbocycles. The predicted molar refractivity (Wildman–Crippen MR) is 218 cm³/mol. The summed E-state index contributed by atoms with van der Waals surface area (Å²) in [5, 5.41) is 12.1. The third-order valence-electron chi connectivity index (χ3n) is 11.1. The van der Waals surface area contributed by atoms with E-state index in [0.717, 1.165) is 76.1 Å². The van der Waals surface area contributed by atoms with E-state index >= 15 is 0 Å². The highest BCUT2D eigenvalue weighted by molar-refractivity contribution is 6.06. The van der Waals surface area contributed by atoms with Gasteiger partial charge in [0.25, 0.3) is 5.91 Å². The quantitative estimate of drug-likeness (QED) is 0.0875. The number of hydrogen-bond acceptors (Lipinski definition) is 8. The lowest BCUT2D eigenvalue weighted by Crippen LogP contribution is -2.26. The molecule has 5 rings (SSSR count). The van der Waals surface area contributed by atoms with Gasteiger partial charge in [0.05, 0.1) is 55.2 Å². The smallest absolute Gasteiger partial charge is 0.310 e. The second kappa shape index (κ2) is 18.4. The Labute approximate surface area is 328 Å². The van der Waals surface area contributed by atoms with Crippen LogP contribution in [0.2, 0.25) is 0 Å². The number of rotatable bonds is 15. The maximum Gasteiger partial charge on any atom is 0.310 e. The molecule has 1 amide bonds. The fourth-order valence-electron chi connectivity index (χ4n) is 7.75. The van der Waals surface area contributed by atoms with Gasteiger partial charge in [-0.15, -0.1) is 0 Å². The Morgan fingerprint density at radius 3 is 2.29 bits per heavy atom. The zero-order chi connectivity index (χ0) is 40.7. The van der Waals surface area contributed by atoms with E-state index < -0.39 is 17.8 Å². The van der Waals surface area contributed by atoms with Gasteiger partial charge in [0.1, 0.15) is 0 Å². The Bertz CT molecular complexity index is 2240. The number of aryl methyl sites for hydroxylation is 3. The number of carboxylic acid groups (broad SMARTS) is 1. The Morgan fingerprint density at radius 1 is 0.875 bits per heavy atom. The van der Waals surface area contributed by atoms with Crippen molar-refractivity contribution in [1.29, 1.82) is 0 Å². The van der Waals surface area contributed by atoms with Crippen molar-refractivity contribution in [3.63, 3.8) is 0 Å². The molecule has 0 saturated carbocycles. The number of aromatic amines is 2. The van der Waals surface area contributed by atoms with Gasteiger partial charge in [-0.2, -0.15) is 0 Å². The van der Waals surface area contributed by atoms with E-state index in [1.165, 1.54) is 14.2 Å². The van der Waals surface area contributed by atoms with E-state index in [0.29, 0.717) is 40.7 Å². The topological polar surface area (TPSA) is 176 Å². The van der Waals surface area contributed by atoms with Gasteiger partial charge >= 0.3 is 17.9 Å². The molecule has 0 aromatic carbocycles. The number of unbranched alkanes of at least 4 members (excludes halogenated alkanes) is 2. The Balaban J connectivity index is 1.94. The van der Waals surface area contributed by atoms with Crippen LogP contribution < -0.4 is 5.32 Å². The van der Waals surface area contributed by atoms with E-state index in [1.54, 1.807) is 0 Å². The molecule has 0 spiro atoms. The summed E-state index contributed by atoms with van der Waals surface area (Å²) >= 11 is 0. The number of aliphatic carboxylic acids is 1. The average molecular weight is 766 g/mol. The number of ether oxygens (including phenoxy) is 2. The number of allylic oxidation sites excluding steroid dienone is 4. The molecular formula is C44H55N5O7. The largest absolute Gasteiger partial charge is 0.481 e. The monoisotopic (exact) mass is 765 g/mol. The molecular weight excluding hydrogens is 711 g/mol. The van der Waals surface area contributed by atoms with E-state index in [9.17, 15) is 24.3 Å². The first-order chi connectivity index (χ1) is 26.8. The molecule has 2 atom stereocenters. The molecule has 2 aliphatic rings. The summed E-state index contributed by atoms with van der Waals surface area (Å²) in [5.74, 6) is -2.73. The molecule has 8 bridgehead atoms. The van der Waals surface area contributed by atoms with Crippen molar-refractivity contribution >= 4 is 57.0 Å². The highest BCUT2D eigenvalue weighted by atomic mass is 16.5. The first kappa shape index (κ1) is 41.6. The zero-order valence-electron chi connectivity index (χ0n) is 33.9. The zero-order valence-corrected chi connectivity index (χ0v) is 33.9. The van der Waals surface area contributed by atoms with Gasteiger partial charge in [-0.05, 0) is 86.9 Å². The number of esters is 2. The summed E-state index contributed by atoms with van der Waals surface area (Å²) in [6.45, 7) is 12.3. The summed E-state index contributed by atoms with van der Waals surface area (Å²) in [7, 11) is 2.69. The van der Waals surface area contributed by atoms with Crippen LogP contribution in [-0.2, 0) is 36.7 Å². The lowest BCUT2D eigenvalue weighted by Gasteiger charge is -2.18. The molecule has 2 aliphatic heterocycles. The fraction of sp³-hybridized carbons (Fsp3) is 0.455. The number of nitrogens with one attached hydrogen (secondary N) is 3. The molecule has 4 N–H and O–H groups in total. The number of nitrogens with zero attached hydrogens (tertiary/aromatic N) is 2. The number of methoxy groups -OCH3 is 2. The molecule has 0 fully saturated rings. The van der Waals surface area contributed by atoms with Crippen molar-refractivity contribution in [2.75, 3.05) is 20.8 Å². The molecule has 0 radical (unpaired) electrons. The minimum atomic E-state index is -1.04. The van der Waals surface area contributed by atoms with Crippen molar-refractivity contribution in [1.82, 2.24) is 25.3 Å². The second-order valence-electron chi connectivity index (χ2n) is 14.6. The van der Waals surface area contributed by atoms with Crippen LogP contribution in [0.3, 0.4) is 0 Å². The van der Waals surface area contributed by atoms with E-state index in [4.69, 9.17) is 19.4 Å². The minimum absolute atomic E-state index is 0.0801. The predicted octanol–water partition coefficient (Wildman–Crippen LogP) is 8.32. The van der Waals surface area contributed by atoms with Crippen molar-refractivity contribution < 1.29 is 33.8 Å². The number of H-pyrrole nitrogens is 2. The van der Waals surface area contributed by atoms with E-state index in [2.05, 4.69) is 68.1 Å². The molecule has 5 heterocycles. The number of carbonyl (C=O) groups is 4. The van der Waals surface area contributed by atoms with Crippen LogP contribution in [-0.4, -0.2) is 69.6 Å². The van der Waals surface area contributed by atoms with Gasteiger partial charge in [0.15, 0.2) is 0 Å². The Kier molecular flexibility index (Phi) is 13.7. The van der Waals surface area contributed by atoms with E-state index in [1.807, 2.05) is 19.1 Å². The third kappa shape index (κ3) is 8.95. The molecule has 298 valence electrons. The lowest BCUT2D eigenvalue weighted by molar-refractivity contribution is -0.141. The summed E-state index contributed by atoms with van der Waals surface area (Å²) in [4.78, 5) is 68.6. The summed E-state index contributed by atoms with van der Waals surface area (Å²) in [5.41, 5.74) is 11.5. The average Bonchev–Trinajstić information content (AvgIpc) is 3.85. The molecule has 0 saturated heterocycles. The van der Waals surface area contributed by atoms with Gasteiger partial charge in [0.2, 0.25) is 0 Å². The summed E-state index contributed by atoms with van der Waals surface area (Å²) in [6, 6.07) is 6.10. The second-order valence-corrected chi connectivity index (χ2v) is 14.6. The van der Waals surface area contributed by atoms with Gasteiger partial charge < -0.3 is 29.9 Å². The molecule has 0 unspecified atom stereocenters. The highest BCUT2D eigenvalue weighted by Gasteiger charge is 2.33. The third-order valence-corrected chi connectivity index (χ3v) is 11.1.